The predicted octanol–water partition coefficient (Wildman–Crippen LogP) is 4.49. The standard InChI is InChI=1S/C23H36N4.HI/c1-16(2)15-27-12-10-20(11-13-27)25-23(24-5)26-22-14-21(22)19-8-6-18(7-9-19)17(3)4;/h6-9,17,20-22H,1,10-15H2,2-5H3,(H2,24,25,26);1H. The Morgan fingerprint density at radius 1 is 1.18 bits per heavy atom. The van der Waals surface area contributed by atoms with E-state index in [0.717, 1.165) is 25.6 Å². The fraction of sp³-hybridized carbons (Fsp3) is 0.609. The van der Waals surface area contributed by atoms with Crippen LogP contribution in [0.15, 0.2) is 41.4 Å². The Balaban J connectivity index is 0.00000280. The smallest absolute Gasteiger partial charge is 0.191 e. The third-order valence-corrected chi connectivity index (χ3v) is 5.79. The Morgan fingerprint density at radius 2 is 1.82 bits per heavy atom. The molecule has 2 aliphatic rings. The predicted molar refractivity (Wildman–Crippen MR) is 131 cm³/mol. The number of hydrogen-bond donors (Lipinski definition) is 2. The highest BCUT2D eigenvalue weighted by molar-refractivity contribution is 14.0. The molecule has 1 aliphatic carbocycles. The highest BCUT2D eigenvalue weighted by Gasteiger charge is 2.39. The lowest BCUT2D eigenvalue weighted by molar-refractivity contribution is 0.221. The first-order valence-electron chi connectivity index (χ1n) is 10.4. The van der Waals surface area contributed by atoms with Crippen molar-refractivity contribution in [3.63, 3.8) is 0 Å². The second-order valence-corrected chi connectivity index (χ2v) is 8.64. The first kappa shape index (κ1) is 23.2. The lowest BCUT2D eigenvalue weighted by atomic mass is 10.0. The summed E-state index contributed by atoms with van der Waals surface area (Å²) in [5, 5.41) is 7.27. The van der Waals surface area contributed by atoms with Gasteiger partial charge in [-0.1, -0.05) is 50.3 Å². The second kappa shape index (κ2) is 10.6. The van der Waals surface area contributed by atoms with Crippen LogP contribution in [-0.4, -0.2) is 49.6 Å². The molecule has 2 fully saturated rings. The number of piperidine rings is 1. The fourth-order valence-electron chi connectivity index (χ4n) is 4.01. The highest BCUT2D eigenvalue weighted by atomic mass is 127. The van der Waals surface area contributed by atoms with Gasteiger partial charge in [0.15, 0.2) is 5.96 Å². The van der Waals surface area contributed by atoms with Crippen molar-refractivity contribution < 1.29 is 0 Å². The minimum atomic E-state index is 0. The molecule has 28 heavy (non-hydrogen) atoms. The van der Waals surface area contributed by atoms with E-state index in [4.69, 9.17) is 0 Å². The van der Waals surface area contributed by atoms with Crippen molar-refractivity contribution in [3.8, 4) is 0 Å². The van der Waals surface area contributed by atoms with Crippen LogP contribution in [0.1, 0.15) is 63.0 Å². The van der Waals surface area contributed by atoms with Gasteiger partial charge in [-0.25, -0.2) is 0 Å². The fourth-order valence-corrected chi connectivity index (χ4v) is 4.01. The zero-order valence-electron chi connectivity index (χ0n) is 17.9. The number of rotatable bonds is 6. The molecule has 0 bridgehead atoms. The van der Waals surface area contributed by atoms with Crippen LogP contribution in [0.2, 0.25) is 0 Å². The number of guanidine groups is 1. The van der Waals surface area contributed by atoms with E-state index in [1.165, 1.54) is 36.0 Å². The molecule has 2 atom stereocenters. The van der Waals surface area contributed by atoms with E-state index < -0.39 is 0 Å². The van der Waals surface area contributed by atoms with Crippen LogP contribution in [0.25, 0.3) is 0 Å². The van der Waals surface area contributed by atoms with Crippen LogP contribution in [0.4, 0.5) is 0 Å². The summed E-state index contributed by atoms with van der Waals surface area (Å²) >= 11 is 0. The third-order valence-electron chi connectivity index (χ3n) is 5.79. The SMILES string of the molecule is C=C(C)CN1CCC(NC(=NC)NC2CC2c2ccc(C(C)C)cc2)CC1.I. The van der Waals surface area contributed by atoms with E-state index in [9.17, 15) is 0 Å². The average molecular weight is 496 g/mol. The van der Waals surface area contributed by atoms with Crippen molar-refractivity contribution in [1.82, 2.24) is 15.5 Å². The number of hydrogen-bond acceptors (Lipinski definition) is 2. The zero-order chi connectivity index (χ0) is 19.4. The monoisotopic (exact) mass is 496 g/mol. The summed E-state index contributed by atoms with van der Waals surface area (Å²) in [5.74, 6) is 2.17. The first-order valence-corrected chi connectivity index (χ1v) is 10.4. The normalized spacial score (nSPS) is 23.2. The largest absolute Gasteiger partial charge is 0.354 e. The van der Waals surface area contributed by atoms with E-state index in [1.54, 1.807) is 0 Å². The summed E-state index contributed by atoms with van der Waals surface area (Å²) in [6.07, 6.45) is 3.52. The second-order valence-electron chi connectivity index (χ2n) is 8.64. The Bertz CT molecular complexity index is 660. The molecule has 4 nitrogen and oxygen atoms in total. The molecule has 2 N–H and O–H groups in total. The Kier molecular flexibility index (Phi) is 8.81. The molecular weight excluding hydrogens is 459 g/mol. The van der Waals surface area contributed by atoms with Crippen molar-refractivity contribution in [2.75, 3.05) is 26.7 Å². The summed E-state index contributed by atoms with van der Waals surface area (Å²) in [6.45, 7) is 13.9. The van der Waals surface area contributed by atoms with Crippen LogP contribution in [-0.2, 0) is 0 Å². The molecule has 3 rings (SSSR count). The van der Waals surface area contributed by atoms with E-state index >= 15 is 0 Å². The Hall–Kier alpha value is -1.08. The Labute approximate surface area is 188 Å². The van der Waals surface area contributed by atoms with Gasteiger partial charge in [-0.3, -0.25) is 9.89 Å². The molecule has 1 saturated carbocycles. The summed E-state index contributed by atoms with van der Waals surface area (Å²) < 4.78 is 0. The van der Waals surface area contributed by atoms with Gasteiger partial charge in [-0.05, 0) is 43.2 Å². The highest BCUT2D eigenvalue weighted by Crippen LogP contribution is 2.41. The van der Waals surface area contributed by atoms with Crippen molar-refractivity contribution in [1.29, 1.82) is 0 Å². The number of benzene rings is 1. The lowest BCUT2D eigenvalue weighted by Crippen LogP contribution is -2.49. The van der Waals surface area contributed by atoms with Crippen molar-refractivity contribution in [2.24, 2.45) is 4.99 Å². The molecule has 1 aromatic carbocycles. The van der Waals surface area contributed by atoms with Crippen LogP contribution in [0.5, 0.6) is 0 Å². The zero-order valence-corrected chi connectivity index (χ0v) is 20.2. The quantitative estimate of drug-likeness (QED) is 0.264. The maximum atomic E-state index is 4.46. The first-order chi connectivity index (χ1) is 13.0. The van der Waals surface area contributed by atoms with Gasteiger partial charge >= 0.3 is 0 Å². The van der Waals surface area contributed by atoms with Gasteiger partial charge in [0, 0.05) is 44.7 Å². The maximum Gasteiger partial charge on any atom is 0.191 e. The van der Waals surface area contributed by atoms with Gasteiger partial charge in [0.1, 0.15) is 0 Å². The van der Waals surface area contributed by atoms with Crippen LogP contribution < -0.4 is 10.6 Å². The van der Waals surface area contributed by atoms with Gasteiger partial charge in [-0.15, -0.1) is 24.0 Å². The van der Waals surface area contributed by atoms with E-state index in [-0.39, 0.29) is 24.0 Å². The molecule has 0 aromatic heterocycles. The van der Waals surface area contributed by atoms with Crippen molar-refractivity contribution in [2.45, 2.75) is 64.0 Å². The number of nitrogens with zero attached hydrogens (tertiary/aromatic N) is 2. The molecule has 0 spiro atoms. The van der Waals surface area contributed by atoms with Gasteiger partial charge < -0.3 is 10.6 Å². The van der Waals surface area contributed by atoms with Gasteiger partial charge in [0.2, 0.25) is 0 Å². The van der Waals surface area contributed by atoms with Gasteiger partial charge in [-0.2, -0.15) is 0 Å². The summed E-state index contributed by atoms with van der Waals surface area (Å²) in [6, 6.07) is 10.2. The number of nitrogens with one attached hydrogen (secondary N) is 2. The van der Waals surface area contributed by atoms with Crippen LogP contribution >= 0.6 is 24.0 Å². The minimum Gasteiger partial charge on any atom is -0.354 e. The molecule has 1 aliphatic heterocycles. The molecule has 0 amide bonds. The van der Waals surface area contributed by atoms with Crippen LogP contribution in [0.3, 0.4) is 0 Å². The molecule has 0 radical (unpaired) electrons. The molecule has 1 heterocycles. The van der Waals surface area contributed by atoms with E-state index in [2.05, 4.69) is 72.1 Å². The molecule has 1 aromatic rings. The van der Waals surface area contributed by atoms with Gasteiger partial charge in [0.05, 0.1) is 0 Å². The molecule has 1 saturated heterocycles. The average Bonchev–Trinajstić information content (AvgIpc) is 3.41. The Morgan fingerprint density at radius 3 is 2.36 bits per heavy atom. The lowest BCUT2D eigenvalue weighted by Gasteiger charge is -2.33. The van der Waals surface area contributed by atoms with Gasteiger partial charge in [0.25, 0.3) is 0 Å². The molecule has 2 unspecified atom stereocenters. The van der Waals surface area contributed by atoms with Crippen molar-refractivity contribution in [3.05, 3.63) is 47.5 Å². The maximum absolute atomic E-state index is 4.46. The van der Waals surface area contributed by atoms with Crippen molar-refractivity contribution >= 4 is 29.9 Å². The van der Waals surface area contributed by atoms with Crippen LogP contribution in [0, 0.1) is 0 Å². The third kappa shape index (κ3) is 6.48. The summed E-state index contributed by atoms with van der Waals surface area (Å²) in [7, 11) is 1.88. The molecule has 156 valence electrons. The summed E-state index contributed by atoms with van der Waals surface area (Å²) in [4.78, 5) is 6.96. The number of aliphatic imine (C=N–C) groups is 1. The minimum absolute atomic E-state index is 0. The number of likely N-dealkylation sites (tertiary alicyclic amines) is 1. The molecule has 5 heteroatoms. The number of halogens is 1. The van der Waals surface area contributed by atoms with E-state index in [0.29, 0.717) is 23.9 Å². The topological polar surface area (TPSA) is 39.7 Å². The molecular formula is C23H37IN4. The summed E-state index contributed by atoms with van der Waals surface area (Å²) in [5.41, 5.74) is 4.11. The van der Waals surface area contributed by atoms with E-state index in [1.807, 2.05) is 7.05 Å².